The number of ether oxygens (including phenoxy) is 1. The Hall–Kier alpha value is -1.90. The number of hydrogen-bond acceptors (Lipinski definition) is 5. The van der Waals surface area contributed by atoms with Crippen molar-refractivity contribution in [3.05, 3.63) is 39.6 Å². The van der Waals surface area contributed by atoms with Gasteiger partial charge in [0.25, 0.3) is 5.91 Å². The molecule has 0 saturated carbocycles. The first-order valence-corrected chi connectivity index (χ1v) is 11.6. The second-order valence-corrected chi connectivity index (χ2v) is 10.5. The molecule has 6 nitrogen and oxygen atoms in total. The molecule has 0 saturated heterocycles. The zero-order valence-electron chi connectivity index (χ0n) is 16.6. The molecule has 1 atom stereocenters. The van der Waals surface area contributed by atoms with E-state index in [2.05, 4.69) is 12.2 Å². The predicted molar refractivity (Wildman–Crippen MR) is 112 cm³/mol. The van der Waals surface area contributed by atoms with Crippen molar-refractivity contribution in [2.24, 2.45) is 5.92 Å². The largest absolute Gasteiger partial charge is 0.495 e. The molecule has 28 heavy (non-hydrogen) atoms. The molecule has 3 rings (SSSR count). The second kappa shape index (κ2) is 8.23. The van der Waals surface area contributed by atoms with Gasteiger partial charge >= 0.3 is 0 Å². The third-order valence-electron chi connectivity index (χ3n) is 5.18. The molecule has 152 valence electrons. The Labute approximate surface area is 170 Å². The number of anilines is 1. The fourth-order valence-corrected chi connectivity index (χ4v) is 5.43. The average molecular weight is 423 g/mol. The smallest absolute Gasteiger partial charge is 0.265 e. The number of fused-ring (bicyclic) bond motifs is 1. The maximum atomic E-state index is 12.8. The van der Waals surface area contributed by atoms with Crippen molar-refractivity contribution < 1.29 is 17.9 Å². The normalized spacial score (nSPS) is 16.7. The molecular formula is C20H26N2O4S2. The number of benzene rings is 1. The molecular weight excluding hydrogens is 396 g/mol. The molecule has 0 spiro atoms. The second-order valence-electron chi connectivity index (χ2n) is 7.18. The van der Waals surface area contributed by atoms with Crippen LogP contribution in [0.5, 0.6) is 5.75 Å². The van der Waals surface area contributed by atoms with E-state index in [9.17, 15) is 13.2 Å². The molecule has 1 N–H and O–H groups in total. The van der Waals surface area contributed by atoms with Gasteiger partial charge in [0.15, 0.2) is 0 Å². The number of carbonyl (C=O) groups is 1. The van der Waals surface area contributed by atoms with Gasteiger partial charge in [0.05, 0.1) is 22.6 Å². The van der Waals surface area contributed by atoms with Gasteiger partial charge < -0.3 is 10.1 Å². The van der Waals surface area contributed by atoms with E-state index < -0.39 is 10.0 Å². The fourth-order valence-electron chi connectivity index (χ4n) is 3.40. The third-order valence-corrected chi connectivity index (χ3v) is 8.23. The molecule has 1 heterocycles. The monoisotopic (exact) mass is 422 g/mol. The Bertz CT molecular complexity index is 980. The van der Waals surface area contributed by atoms with E-state index in [0.717, 1.165) is 23.6 Å². The Balaban J connectivity index is 1.87. The van der Waals surface area contributed by atoms with Crippen LogP contribution in [-0.4, -0.2) is 39.8 Å². The molecule has 2 aromatic rings. The van der Waals surface area contributed by atoms with Crippen molar-refractivity contribution in [2.75, 3.05) is 26.5 Å². The van der Waals surface area contributed by atoms with Crippen LogP contribution in [0.15, 0.2) is 29.2 Å². The summed E-state index contributed by atoms with van der Waals surface area (Å²) in [6.45, 7) is 2.21. The third kappa shape index (κ3) is 4.09. The molecule has 1 aliphatic rings. The number of aryl methyl sites for hydroxylation is 1. The molecule has 8 heteroatoms. The van der Waals surface area contributed by atoms with Crippen LogP contribution in [-0.2, 0) is 22.9 Å². The van der Waals surface area contributed by atoms with Crippen LogP contribution in [0.4, 0.5) is 5.69 Å². The fraction of sp³-hybridized carbons (Fsp3) is 0.450. The zero-order valence-corrected chi connectivity index (χ0v) is 18.2. The van der Waals surface area contributed by atoms with Crippen molar-refractivity contribution in [3.63, 3.8) is 0 Å². The highest BCUT2D eigenvalue weighted by Crippen LogP contribution is 2.35. The number of amides is 1. The minimum Gasteiger partial charge on any atom is -0.495 e. The number of carbonyl (C=O) groups excluding carboxylic acids is 1. The van der Waals surface area contributed by atoms with Gasteiger partial charge in [-0.05, 0) is 55.0 Å². The van der Waals surface area contributed by atoms with Crippen molar-refractivity contribution in [1.29, 1.82) is 0 Å². The number of sulfonamides is 1. The molecule has 0 bridgehead atoms. The molecule has 0 aliphatic heterocycles. The van der Waals surface area contributed by atoms with Gasteiger partial charge in [-0.25, -0.2) is 12.7 Å². The summed E-state index contributed by atoms with van der Waals surface area (Å²) in [5.41, 5.74) is 1.61. The summed E-state index contributed by atoms with van der Waals surface area (Å²) in [5.74, 6) is 0.856. The first-order chi connectivity index (χ1) is 13.3. The standard InChI is InChI=1S/C20H26N2O4S2/c1-5-13-6-9-18-14(10-13)11-19(27-18)20(23)21-16-12-15(7-8-17(16)26-4)28(24,25)22(2)3/h7-8,11-13H,5-6,9-10H2,1-4H3,(H,21,23)/t13-/m1/s1. The summed E-state index contributed by atoms with van der Waals surface area (Å²) in [7, 11) is 0.818. The number of nitrogens with zero attached hydrogens (tertiary/aromatic N) is 1. The number of nitrogens with one attached hydrogen (secondary N) is 1. The highest BCUT2D eigenvalue weighted by Gasteiger charge is 2.24. The van der Waals surface area contributed by atoms with E-state index in [4.69, 9.17) is 4.74 Å². The lowest BCUT2D eigenvalue weighted by Crippen LogP contribution is -2.22. The molecule has 0 radical (unpaired) electrons. The number of methoxy groups -OCH3 is 1. The maximum Gasteiger partial charge on any atom is 0.265 e. The SMILES string of the molecule is CC[C@@H]1CCc2sc(C(=O)Nc3cc(S(=O)(=O)N(C)C)ccc3OC)cc2C1. The first kappa shape index (κ1) is 20.8. The van der Waals surface area contributed by atoms with Crippen molar-refractivity contribution >= 4 is 33.0 Å². The quantitative estimate of drug-likeness (QED) is 0.769. The van der Waals surface area contributed by atoms with E-state index in [1.54, 1.807) is 6.07 Å². The van der Waals surface area contributed by atoms with Crippen molar-refractivity contribution in [3.8, 4) is 5.75 Å². The Morgan fingerprint density at radius 1 is 1.32 bits per heavy atom. The molecule has 1 aromatic carbocycles. The van der Waals surface area contributed by atoms with Crippen LogP contribution < -0.4 is 10.1 Å². The lowest BCUT2D eigenvalue weighted by atomic mass is 9.87. The Morgan fingerprint density at radius 3 is 2.71 bits per heavy atom. The van der Waals surface area contributed by atoms with Crippen LogP contribution in [0.1, 0.15) is 39.9 Å². The lowest BCUT2D eigenvalue weighted by molar-refractivity contribution is 0.103. The van der Waals surface area contributed by atoms with Gasteiger partial charge in [-0.3, -0.25) is 4.79 Å². The summed E-state index contributed by atoms with van der Waals surface area (Å²) in [6.07, 6.45) is 4.37. The topological polar surface area (TPSA) is 75.7 Å². The Morgan fingerprint density at radius 2 is 2.07 bits per heavy atom. The minimum atomic E-state index is -3.61. The molecule has 1 aliphatic carbocycles. The molecule has 0 fully saturated rings. The van der Waals surface area contributed by atoms with Gasteiger partial charge in [-0.15, -0.1) is 11.3 Å². The van der Waals surface area contributed by atoms with E-state index in [1.807, 2.05) is 6.07 Å². The van der Waals surface area contributed by atoms with E-state index in [0.29, 0.717) is 22.2 Å². The van der Waals surface area contributed by atoms with Gasteiger partial charge in [-0.1, -0.05) is 13.3 Å². The number of rotatable bonds is 6. The number of hydrogen-bond donors (Lipinski definition) is 1. The van der Waals surface area contributed by atoms with Crippen LogP contribution in [0.3, 0.4) is 0 Å². The van der Waals surface area contributed by atoms with Gasteiger partial charge in [0.1, 0.15) is 5.75 Å². The van der Waals surface area contributed by atoms with Gasteiger partial charge in [-0.2, -0.15) is 0 Å². The number of thiophene rings is 1. The molecule has 1 amide bonds. The van der Waals surface area contributed by atoms with Crippen LogP contribution in [0, 0.1) is 5.92 Å². The van der Waals surface area contributed by atoms with Crippen molar-refractivity contribution in [2.45, 2.75) is 37.5 Å². The first-order valence-electron chi connectivity index (χ1n) is 9.29. The summed E-state index contributed by atoms with van der Waals surface area (Å²) < 4.78 is 31.2. The summed E-state index contributed by atoms with van der Waals surface area (Å²) >= 11 is 1.52. The molecule has 0 unspecified atom stereocenters. The highest BCUT2D eigenvalue weighted by molar-refractivity contribution is 7.89. The Kier molecular flexibility index (Phi) is 6.12. The van der Waals surface area contributed by atoms with Gasteiger partial charge in [0, 0.05) is 19.0 Å². The summed E-state index contributed by atoms with van der Waals surface area (Å²) in [6, 6.07) is 6.44. The van der Waals surface area contributed by atoms with E-state index >= 15 is 0 Å². The minimum absolute atomic E-state index is 0.102. The average Bonchev–Trinajstić information content (AvgIpc) is 3.11. The zero-order chi connectivity index (χ0) is 20.5. The van der Waals surface area contributed by atoms with Crippen LogP contribution in [0.25, 0.3) is 0 Å². The highest BCUT2D eigenvalue weighted by atomic mass is 32.2. The maximum absolute atomic E-state index is 12.8. The van der Waals surface area contributed by atoms with Gasteiger partial charge in [0.2, 0.25) is 10.0 Å². The molecule has 1 aromatic heterocycles. The summed E-state index contributed by atoms with van der Waals surface area (Å²) in [5, 5.41) is 2.83. The van der Waals surface area contributed by atoms with Crippen LogP contribution >= 0.6 is 11.3 Å². The summed E-state index contributed by atoms with van der Waals surface area (Å²) in [4.78, 5) is 14.9. The van der Waals surface area contributed by atoms with Crippen molar-refractivity contribution in [1.82, 2.24) is 4.31 Å². The van der Waals surface area contributed by atoms with E-state index in [1.165, 1.54) is 61.5 Å². The van der Waals surface area contributed by atoms with Crippen LogP contribution in [0.2, 0.25) is 0 Å². The lowest BCUT2D eigenvalue weighted by Gasteiger charge is -2.19. The predicted octanol–water partition coefficient (Wildman–Crippen LogP) is 3.77. The van der Waals surface area contributed by atoms with E-state index in [-0.39, 0.29) is 10.8 Å².